The first-order valence-corrected chi connectivity index (χ1v) is 6.98. The van der Waals surface area contributed by atoms with Crippen molar-refractivity contribution in [1.82, 2.24) is 4.98 Å². The Bertz CT molecular complexity index is 529. The highest BCUT2D eigenvalue weighted by atomic mass is 79.9. The van der Waals surface area contributed by atoms with E-state index in [0.717, 1.165) is 26.1 Å². The molecule has 0 unspecified atom stereocenters. The standard InChI is InChI=1S/C13H12Br2N2O/c1-16-13-5-2-9(7-17-13)8-18-12-4-3-10(14)6-11(12)15/h2-7H,8H2,1H3,(H,16,17). The Hall–Kier alpha value is -1.07. The van der Waals surface area contributed by atoms with Gasteiger partial charge >= 0.3 is 0 Å². The van der Waals surface area contributed by atoms with Gasteiger partial charge in [0, 0.05) is 23.3 Å². The van der Waals surface area contributed by atoms with Crippen LogP contribution in [-0.2, 0) is 6.61 Å². The number of halogens is 2. The summed E-state index contributed by atoms with van der Waals surface area (Å²) in [5.41, 5.74) is 1.03. The van der Waals surface area contributed by atoms with Crippen LogP contribution >= 0.6 is 31.9 Å². The monoisotopic (exact) mass is 370 g/mol. The van der Waals surface area contributed by atoms with Crippen molar-refractivity contribution in [1.29, 1.82) is 0 Å². The van der Waals surface area contributed by atoms with Crippen LogP contribution in [0.3, 0.4) is 0 Å². The second-order valence-electron chi connectivity index (χ2n) is 3.67. The molecule has 0 spiro atoms. The van der Waals surface area contributed by atoms with Crippen LogP contribution in [0.1, 0.15) is 5.56 Å². The van der Waals surface area contributed by atoms with Gasteiger partial charge in [-0.2, -0.15) is 0 Å². The second kappa shape index (κ2) is 6.20. The fourth-order valence-corrected chi connectivity index (χ4v) is 2.57. The number of nitrogens with one attached hydrogen (secondary N) is 1. The molecule has 0 amide bonds. The van der Waals surface area contributed by atoms with Crippen molar-refractivity contribution in [3.05, 3.63) is 51.0 Å². The van der Waals surface area contributed by atoms with Crippen LogP contribution < -0.4 is 10.1 Å². The lowest BCUT2D eigenvalue weighted by Crippen LogP contribution is -1.98. The van der Waals surface area contributed by atoms with Crippen molar-refractivity contribution in [3.8, 4) is 5.75 Å². The van der Waals surface area contributed by atoms with Crippen LogP contribution in [0, 0.1) is 0 Å². The summed E-state index contributed by atoms with van der Waals surface area (Å²) in [4.78, 5) is 4.24. The number of pyridine rings is 1. The Morgan fingerprint density at radius 2 is 2.06 bits per heavy atom. The van der Waals surface area contributed by atoms with E-state index in [1.165, 1.54) is 0 Å². The third kappa shape index (κ3) is 3.46. The van der Waals surface area contributed by atoms with Crippen molar-refractivity contribution in [3.63, 3.8) is 0 Å². The summed E-state index contributed by atoms with van der Waals surface area (Å²) in [6.07, 6.45) is 1.80. The molecule has 2 aromatic rings. The number of nitrogens with zero attached hydrogens (tertiary/aromatic N) is 1. The minimum Gasteiger partial charge on any atom is -0.488 e. The Morgan fingerprint density at radius 1 is 1.22 bits per heavy atom. The van der Waals surface area contributed by atoms with Crippen molar-refractivity contribution < 1.29 is 4.74 Å². The molecular weight excluding hydrogens is 360 g/mol. The second-order valence-corrected chi connectivity index (χ2v) is 5.44. The number of hydrogen-bond donors (Lipinski definition) is 1. The molecule has 0 saturated carbocycles. The van der Waals surface area contributed by atoms with Crippen LogP contribution in [0.25, 0.3) is 0 Å². The number of benzene rings is 1. The lowest BCUT2D eigenvalue weighted by atomic mass is 10.3. The van der Waals surface area contributed by atoms with Crippen molar-refractivity contribution in [2.75, 3.05) is 12.4 Å². The molecule has 3 nitrogen and oxygen atoms in total. The molecule has 18 heavy (non-hydrogen) atoms. The number of anilines is 1. The highest BCUT2D eigenvalue weighted by Gasteiger charge is 2.02. The van der Waals surface area contributed by atoms with Gasteiger partial charge in [0.05, 0.1) is 4.47 Å². The van der Waals surface area contributed by atoms with Gasteiger partial charge in [-0.15, -0.1) is 0 Å². The Labute approximate surface area is 123 Å². The van der Waals surface area contributed by atoms with Gasteiger partial charge in [0.2, 0.25) is 0 Å². The van der Waals surface area contributed by atoms with E-state index in [9.17, 15) is 0 Å². The number of hydrogen-bond acceptors (Lipinski definition) is 3. The molecule has 0 radical (unpaired) electrons. The van der Waals surface area contributed by atoms with Crippen LogP contribution in [0.15, 0.2) is 45.5 Å². The summed E-state index contributed by atoms with van der Waals surface area (Å²) in [5, 5.41) is 2.98. The van der Waals surface area contributed by atoms with Gasteiger partial charge in [-0.25, -0.2) is 4.98 Å². The zero-order valence-corrected chi connectivity index (χ0v) is 13.0. The third-order valence-corrected chi connectivity index (χ3v) is 3.48. The summed E-state index contributed by atoms with van der Waals surface area (Å²) in [6.45, 7) is 0.497. The van der Waals surface area contributed by atoms with Gasteiger partial charge in [0.15, 0.2) is 0 Å². The van der Waals surface area contributed by atoms with Gasteiger partial charge in [-0.1, -0.05) is 22.0 Å². The minimum atomic E-state index is 0.497. The van der Waals surface area contributed by atoms with E-state index < -0.39 is 0 Å². The van der Waals surface area contributed by atoms with Crippen LogP contribution in [0.5, 0.6) is 5.75 Å². The average Bonchev–Trinajstić information content (AvgIpc) is 2.38. The summed E-state index contributed by atoms with van der Waals surface area (Å²) in [6, 6.07) is 9.74. The van der Waals surface area contributed by atoms with Gasteiger partial charge < -0.3 is 10.1 Å². The predicted octanol–water partition coefficient (Wildman–Crippen LogP) is 4.23. The molecule has 0 aliphatic carbocycles. The van der Waals surface area contributed by atoms with E-state index in [1.54, 1.807) is 6.20 Å². The molecule has 1 aromatic carbocycles. The Morgan fingerprint density at radius 3 is 2.67 bits per heavy atom. The fourth-order valence-electron chi connectivity index (χ4n) is 1.41. The van der Waals surface area contributed by atoms with Crippen LogP contribution in [-0.4, -0.2) is 12.0 Å². The number of aromatic nitrogens is 1. The molecule has 1 N–H and O–H groups in total. The third-order valence-electron chi connectivity index (χ3n) is 2.37. The molecule has 0 saturated heterocycles. The smallest absolute Gasteiger partial charge is 0.134 e. The molecule has 1 aromatic heterocycles. The molecule has 1 heterocycles. The van der Waals surface area contributed by atoms with E-state index >= 15 is 0 Å². The summed E-state index contributed by atoms with van der Waals surface area (Å²) in [7, 11) is 1.84. The molecule has 5 heteroatoms. The quantitative estimate of drug-likeness (QED) is 0.873. The van der Waals surface area contributed by atoms with E-state index in [4.69, 9.17) is 4.74 Å². The first kappa shape index (κ1) is 13.4. The Kier molecular flexibility index (Phi) is 4.60. The van der Waals surface area contributed by atoms with E-state index in [-0.39, 0.29) is 0 Å². The van der Waals surface area contributed by atoms with Gasteiger partial charge in [-0.05, 0) is 40.2 Å². The highest BCUT2D eigenvalue weighted by molar-refractivity contribution is 9.11. The summed E-state index contributed by atoms with van der Waals surface area (Å²) < 4.78 is 7.67. The molecular formula is C13H12Br2N2O. The van der Waals surface area contributed by atoms with Crippen LogP contribution in [0.2, 0.25) is 0 Å². The average molecular weight is 372 g/mol. The lowest BCUT2D eigenvalue weighted by molar-refractivity contribution is 0.304. The van der Waals surface area contributed by atoms with Crippen molar-refractivity contribution in [2.45, 2.75) is 6.61 Å². The molecule has 94 valence electrons. The largest absolute Gasteiger partial charge is 0.488 e. The molecule has 0 atom stereocenters. The van der Waals surface area contributed by atoms with Gasteiger partial charge in [-0.3, -0.25) is 0 Å². The molecule has 0 aliphatic rings. The first-order chi connectivity index (χ1) is 8.69. The summed E-state index contributed by atoms with van der Waals surface area (Å²) in [5.74, 6) is 1.67. The lowest BCUT2D eigenvalue weighted by Gasteiger charge is -2.08. The minimum absolute atomic E-state index is 0.497. The topological polar surface area (TPSA) is 34.1 Å². The van der Waals surface area contributed by atoms with Gasteiger partial charge in [0.25, 0.3) is 0 Å². The van der Waals surface area contributed by atoms with E-state index in [1.807, 2.05) is 37.4 Å². The highest BCUT2D eigenvalue weighted by Crippen LogP contribution is 2.28. The number of ether oxygens (including phenoxy) is 1. The summed E-state index contributed by atoms with van der Waals surface area (Å²) >= 11 is 6.87. The SMILES string of the molecule is CNc1ccc(COc2ccc(Br)cc2Br)cn1. The zero-order valence-electron chi connectivity index (χ0n) is 9.78. The molecule has 0 fully saturated rings. The Balaban J connectivity index is 2.02. The van der Waals surface area contributed by atoms with Crippen LogP contribution in [0.4, 0.5) is 5.82 Å². The molecule has 0 bridgehead atoms. The normalized spacial score (nSPS) is 10.2. The van der Waals surface area contributed by atoms with E-state index in [0.29, 0.717) is 6.61 Å². The van der Waals surface area contributed by atoms with Crippen molar-refractivity contribution in [2.24, 2.45) is 0 Å². The van der Waals surface area contributed by atoms with E-state index in [2.05, 4.69) is 42.2 Å². The molecule has 0 aliphatic heterocycles. The number of rotatable bonds is 4. The first-order valence-electron chi connectivity index (χ1n) is 5.39. The maximum absolute atomic E-state index is 5.72. The van der Waals surface area contributed by atoms with Crippen molar-refractivity contribution >= 4 is 37.7 Å². The van der Waals surface area contributed by atoms with Gasteiger partial charge in [0.1, 0.15) is 18.2 Å². The zero-order chi connectivity index (χ0) is 13.0. The molecule has 2 rings (SSSR count). The maximum Gasteiger partial charge on any atom is 0.134 e. The maximum atomic E-state index is 5.72. The predicted molar refractivity (Wildman–Crippen MR) is 80.0 cm³/mol. The fraction of sp³-hybridized carbons (Fsp3) is 0.154.